The topological polar surface area (TPSA) is 60.3 Å². The Bertz CT molecular complexity index is 2230. The highest BCUT2D eigenvalue weighted by molar-refractivity contribution is 5.87. The number of alkyl halides is 15. The number of nitrogens with one attached hydrogen (secondary N) is 3. The summed E-state index contributed by atoms with van der Waals surface area (Å²) >= 11 is 0. The van der Waals surface area contributed by atoms with Gasteiger partial charge in [0.05, 0.1) is 40.2 Å². The lowest BCUT2D eigenvalue weighted by Crippen LogP contribution is -2.52. The van der Waals surface area contributed by atoms with E-state index >= 15 is 26.3 Å². The number of hydrogen-bond donors (Lipinski definition) is 3. The molecule has 3 aliphatic carbocycles. The Morgan fingerprint density at radius 1 is 0.286 bits per heavy atom. The first-order valence-corrected chi connectivity index (χ1v) is 17.5. The third-order valence-electron chi connectivity index (χ3n) is 11.4. The molecule has 4 nitrogen and oxygen atoms in total. The van der Waals surface area contributed by atoms with E-state index in [4.69, 9.17) is 0 Å². The van der Waals surface area contributed by atoms with Crippen molar-refractivity contribution in [3.8, 4) is 0 Å². The van der Waals surface area contributed by atoms with E-state index in [2.05, 4.69) is 19.9 Å². The second kappa shape index (κ2) is 14.0. The summed E-state index contributed by atoms with van der Waals surface area (Å²) in [6, 6.07) is 6.89. The van der Waals surface area contributed by atoms with Crippen LogP contribution in [0.15, 0.2) is 36.4 Å². The van der Waals surface area contributed by atoms with Crippen molar-refractivity contribution < 1.29 is 65.9 Å². The highest BCUT2D eigenvalue weighted by atomic mass is 19.2. The molecule has 12 unspecified atom stereocenters. The number of nitrogens with zero attached hydrogens (tertiary/aromatic N) is 1. The third-order valence-corrected chi connectivity index (χ3v) is 11.4. The van der Waals surface area contributed by atoms with E-state index in [9.17, 15) is 39.5 Å². The van der Waals surface area contributed by atoms with E-state index in [0.29, 0.717) is 0 Å². The Kier molecular flexibility index (Phi) is 9.61. The number of hydrogen-bond acceptors (Lipinski definition) is 1. The lowest BCUT2D eigenvalue weighted by atomic mass is 9.77. The van der Waals surface area contributed by atoms with E-state index < -0.39 is 149 Å². The fourth-order valence-corrected chi connectivity index (χ4v) is 8.52. The molecule has 19 heteroatoms. The molecule has 1 aliphatic heterocycles. The monoisotopic (exact) mass is 814 g/mol. The van der Waals surface area contributed by atoms with Gasteiger partial charge < -0.3 is 15.0 Å². The van der Waals surface area contributed by atoms with Crippen molar-refractivity contribution in [3.63, 3.8) is 0 Å². The van der Waals surface area contributed by atoms with Crippen LogP contribution in [0.2, 0.25) is 0 Å². The quantitative estimate of drug-likeness (QED) is 0.156. The fourth-order valence-electron chi connectivity index (χ4n) is 8.52. The number of fused-ring (bicyclic) bond motifs is 9. The van der Waals surface area contributed by atoms with Crippen molar-refractivity contribution in [1.82, 2.24) is 19.9 Å². The van der Waals surface area contributed by atoms with E-state index in [-0.39, 0.29) is 22.1 Å². The van der Waals surface area contributed by atoms with Crippen LogP contribution in [0.25, 0.3) is 45.3 Å². The number of H-pyrrole nitrogens is 3. The van der Waals surface area contributed by atoms with E-state index in [1.165, 1.54) is 18.2 Å². The maximum Gasteiger partial charge on any atom is 0.168 e. The van der Waals surface area contributed by atoms with Gasteiger partial charge in [0.1, 0.15) is 37.0 Å². The molecule has 302 valence electrons. The Morgan fingerprint density at radius 2 is 0.500 bits per heavy atom. The lowest BCUT2D eigenvalue weighted by Gasteiger charge is -2.37. The number of aromatic amines is 3. The molecule has 12 atom stereocenters. The second-order valence-electron chi connectivity index (χ2n) is 14.6. The molecule has 0 saturated heterocycles. The van der Waals surface area contributed by atoms with Crippen LogP contribution in [0.3, 0.4) is 0 Å². The van der Waals surface area contributed by atoms with Crippen molar-refractivity contribution in [2.24, 2.45) is 0 Å². The van der Waals surface area contributed by atoms with Crippen molar-refractivity contribution in [2.45, 2.75) is 110 Å². The standard InChI is InChI=1S/C37H29F15N4/c38-23-20(24(39)30(45)35(50)29(23)44)17-11-3-1-9(53-11)10-2-4-12(54-10)18(21-25(40)31(46)36(51)32(47)26(21)41)14-6-8-16(56-14)19(15-7-5-13(17)55-15)22-27(42)33(48)37(52)34(49)28(22)43/h1-8,20-37,53-55H. The second-order valence-corrected chi connectivity index (χ2v) is 14.6. The summed E-state index contributed by atoms with van der Waals surface area (Å²) in [7, 11) is 0. The van der Waals surface area contributed by atoms with Crippen LogP contribution >= 0.6 is 0 Å². The van der Waals surface area contributed by atoms with Gasteiger partial charge in [-0.05, 0) is 48.6 Å². The molecule has 8 bridgehead atoms. The molecule has 8 rings (SSSR count). The van der Waals surface area contributed by atoms with Gasteiger partial charge in [-0.2, -0.15) is 0 Å². The smallest absolute Gasteiger partial charge is 0.168 e. The maximum atomic E-state index is 15.8. The summed E-state index contributed by atoms with van der Waals surface area (Å²) < 4.78 is 227. The summed E-state index contributed by atoms with van der Waals surface area (Å²) in [5.41, 5.74) is -4.45. The molecule has 4 aromatic rings. The summed E-state index contributed by atoms with van der Waals surface area (Å²) in [4.78, 5) is 12.3. The molecule has 0 aromatic carbocycles. The number of aromatic nitrogens is 4. The third kappa shape index (κ3) is 5.70. The number of rotatable bonds is 3. The molecule has 0 amide bonds. The van der Waals surface area contributed by atoms with Gasteiger partial charge in [-0.1, -0.05) is 0 Å². The van der Waals surface area contributed by atoms with E-state index in [1.807, 2.05) is 0 Å². The normalized spacial score (nSPS) is 41.1. The molecular formula is C37H29F15N4. The average molecular weight is 815 g/mol. The summed E-state index contributed by atoms with van der Waals surface area (Å²) in [6.45, 7) is 0. The van der Waals surface area contributed by atoms with Crippen LogP contribution in [0, 0.1) is 0 Å². The predicted molar refractivity (Wildman–Crippen MR) is 177 cm³/mol. The van der Waals surface area contributed by atoms with Gasteiger partial charge in [-0.3, -0.25) is 0 Å². The zero-order valence-corrected chi connectivity index (χ0v) is 28.1. The molecule has 3 saturated carbocycles. The van der Waals surface area contributed by atoms with Gasteiger partial charge in [0.2, 0.25) is 0 Å². The van der Waals surface area contributed by atoms with Crippen molar-refractivity contribution in [3.05, 3.63) is 64.5 Å². The molecule has 5 heterocycles. The van der Waals surface area contributed by atoms with Gasteiger partial charge in [-0.25, -0.2) is 70.8 Å². The van der Waals surface area contributed by atoms with Gasteiger partial charge in [0.25, 0.3) is 0 Å². The SMILES string of the molecule is FC1C(F)C(F)C(c2c3nc(c(C4C(F)C(F)C(F)C(F)C4F)c4ccc([nH]4)c4ccc([nH]4)c(C4C(F)C(F)C(F)C(F)C4F)c4ccc2[nH]4)C=C3)C(F)C1F. The minimum atomic E-state index is -3.27. The van der Waals surface area contributed by atoms with E-state index in [1.54, 1.807) is 0 Å². The number of halogens is 15. The Balaban J connectivity index is 1.50. The minimum absolute atomic E-state index is 0.0297. The summed E-state index contributed by atoms with van der Waals surface area (Å²) in [5, 5.41) is 0. The summed E-state index contributed by atoms with van der Waals surface area (Å²) in [5.74, 6) is -7.40. The molecule has 3 N–H and O–H groups in total. The van der Waals surface area contributed by atoms with Gasteiger partial charge in [0, 0.05) is 38.8 Å². The van der Waals surface area contributed by atoms with Crippen LogP contribution in [0.1, 0.15) is 45.8 Å². The largest absolute Gasteiger partial charge is 0.355 e. The van der Waals surface area contributed by atoms with Crippen molar-refractivity contribution in [2.75, 3.05) is 0 Å². The van der Waals surface area contributed by atoms with E-state index in [0.717, 1.165) is 30.4 Å². The Labute approximate surface area is 305 Å². The predicted octanol–water partition coefficient (Wildman–Crippen LogP) is 10.1. The zero-order chi connectivity index (χ0) is 40.2. The highest BCUT2D eigenvalue weighted by Gasteiger charge is 2.57. The average Bonchev–Trinajstić information content (AvgIpc) is 4.03. The molecule has 56 heavy (non-hydrogen) atoms. The molecule has 3 fully saturated rings. The maximum absolute atomic E-state index is 15.8. The first kappa shape index (κ1) is 38.5. The van der Waals surface area contributed by atoms with Crippen molar-refractivity contribution >= 4 is 45.3 Å². The van der Waals surface area contributed by atoms with Crippen LogP contribution in [0.5, 0.6) is 0 Å². The molecule has 0 spiro atoms. The van der Waals surface area contributed by atoms with Crippen LogP contribution in [-0.4, -0.2) is 113 Å². The van der Waals surface area contributed by atoms with Gasteiger partial charge >= 0.3 is 0 Å². The Hall–Kier alpha value is -4.32. The summed E-state index contributed by atoms with van der Waals surface area (Å²) in [6.07, 6.45) is -45.3. The first-order chi connectivity index (χ1) is 26.5. The highest BCUT2D eigenvalue weighted by Crippen LogP contribution is 2.48. The molecular weight excluding hydrogens is 785 g/mol. The zero-order valence-electron chi connectivity index (χ0n) is 28.1. The Morgan fingerprint density at radius 3 is 0.804 bits per heavy atom. The van der Waals surface area contributed by atoms with Crippen LogP contribution < -0.4 is 0 Å². The van der Waals surface area contributed by atoms with Crippen LogP contribution in [-0.2, 0) is 0 Å². The molecule has 4 aromatic heterocycles. The van der Waals surface area contributed by atoms with Crippen LogP contribution in [0.4, 0.5) is 65.9 Å². The first-order valence-electron chi connectivity index (χ1n) is 17.5. The minimum Gasteiger partial charge on any atom is -0.355 e. The van der Waals surface area contributed by atoms with Gasteiger partial charge in [-0.15, -0.1) is 0 Å². The molecule has 4 aliphatic rings. The fraction of sp³-hybridized carbons (Fsp3) is 0.486. The lowest BCUT2D eigenvalue weighted by molar-refractivity contribution is -0.0653. The molecule has 0 radical (unpaired) electrons. The van der Waals surface area contributed by atoms with Crippen molar-refractivity contribution in [1.29, 1.82) is 0 Å². The van der Waals surface area contributed by atoms with Gasteiger partial charge in [0.15, 0.2) is 55.5 Å².